The summed E-state index contributed by atoms with van der Waals surface area (Å²) in [7, 11) is 0. The van der Waals surface area contributed by atoms with E-state index in [-0.39, 0.29) is 5.95 Å². The van der Waals surface area contributed by atoms with Gasteiger partial charge in [-0.25, -0.2) is 5.43 Å². The summed E-state index contributed by atoms with van der Waals surface area (Å²) < 4.78 is 0. The van der Waals surface area contributed by atoms with Gasteiger partial charge in [-0.3, -0.25) is 0 Å². The van der Waals surface area contributed by atoms with Crippen LogP contribution < -0.4 is 15.2 Å². The Morgan fingerprint density at radius 3 is 1.81 bits per heavy atom. The zero-order valence-corrected chi connectivity index (χ0v) is 17.6. The Labute approximate surface area is 181 Å². The monoisotopic (exact) mass is 439 g/mol. The number of nitrogens with one attached hydrogen (secondary N) is 1. The third-order valence-electron chi connectivity index (χ3n) is 5.56. The molecule has 0 aliphatic carbocycles. The largest absolute Gasteiger partial charge is 0.394 e. The van der Waals surface area contributed by atoms with Crippen LogP contribution in [-0.4, -0.2) is 104 Å². The van der Waals surface area contributed by atoms with Crippen molar-refractivity contribution in [2.75, 3.05) is 48.0 Å². The average Bonchev–Trinajstić information content (AvgIpc) is 2.83. The van der Waals surface area contributed by atoms with Crippen LogP contribution in [0.5, 0.6) is 0 Å². The maximum absolute atomic E-state index is 9.97. The summed E-state index contributed by atoms with van der Waals surface area (Å²) >= 11 is 0. The number of hydrazone groups is 1. The second-order valence-corrected chi connectivity index (χ2v) is 7.97. The topological polar surface area (TPSA) is 171 Å². The number of aliphatic hydroxyl groups excluding tert-OH is 5. The lowest BCUT2D eigenvalue weighted by Crippen LogP contribution is -2.46. The number of aliphatic hydroxyl groups is 5. The Bertz CT molecular complexity index is 677. The highest BCUT2D eigenvalue weighted by Gasteiger charge is 2.29. The van der Waals surface area contributed by atoms with Gasteiger partial charge in [0.1, 0.15) is 24.4 Å². The Morgan fingerprint density at radius 1 is 0.806 bits per heavy atom. The molecule has 3 rings (SSSR count). The van der Waals surface area contributed by atoms with Gasteiger partial charge in [0.2, 0.25) is 17.8 Å². The summed E-state index contributed by atoms with van der Waals surface area (Å²) in [6.45, 7) is 2.76. The van der Waals surface area contributed by atoms with Gasteiger partial charge in [-0.15, -0.1) is 0 Å². The number of rotatable bonds is 9. The summed E-state index contributed by atoms with van der Waals surface area (Å²) in [5, 5.41) is 51.6. The number of nitrogens with zero attached hydrogens (tertiary/aromatic N) is 6. The fourth-order valence-corrected chi connectivity index (χ4v) is 3.67. The quantitative estimate of drug-likeness (QED) is 0.199. The molecule has 0 unspecified atom stereocenters. The first-order valence-corrected chi connectivity index (χ1v) is 10.9. The smallest absolute Gasteiger partial charge is 0.250 e. The van der Waals surface area contributed by atoms with Gasteiger partial charge >= 0.3 is 0 Å². The van der Waals surface area contributed by atoms with Gasteiger partial charge in [-0.05, 0) is 38.5 Å². The van der Waals surface area contributed by atoms with Gasteiger partial charge in [0, 0.05) is 26.2 Å². The number of hydrogen-bond donors (Lipinski definition) is 6. The van der Waals surface area contributed by atoms with E-state index in [0.717, 1.165) is 58.1 Å². The van der Waals surface area contributed by atoms with E-state index in [9.17, 15) is 20.4 Å². The summed E-state index contributed by atoms with van der Waals surface area (Å²) in [4.78, 5) is 17.8. The van der Waals surface area contributed by atoms with Gasteiger partial charge < -0.3 is 35.3 Å². The van der Waals surface area contributed by atoms with Crippen molar-refractivity contribution in [1.82, 2.24) is 15.0 Å². The maximum atomic E-state index is 9.97. The van der Waals surface area contributed by atoms with Crippen molar-refractivity contribution in [3.05, 3.63) is 0 Å². The highest BCUT2D eigenvalue weighted by Crippen LogP contribution is 2.22. The lowest BCUT2D eigenvalue weighted by atomic mass is 10.0. The van der Waals surface area contributed by atoms with Crippen LogP contribution in [0.3, 0.4) is 0 Å². The molecule has 6 N–H and O–H groups in total. The van der Waals surface area contributed by atoms with Gasteiger partial charge in [-0.1, -0.05) is 0 Å². The Balaban J connectivity index is 1.72. The molecule has 2 fully saturated rings. The predicted octanol–water partition coefficient (Wildman–Crippen LogP) is -1.31. The third-order valence-corrected chi connectivity index (χ3v) is 5.56. The Hall–Kier alpha value is -2.12. The van der Waals surface area contributed by atoms with Crippen molar-refractivity contribution in [2.24, 2.45) is 5.10 Å². The van der Waals surface area contributed by atoms with E-state index in [0.29, 0.717) is 11.9 Å². The van der Waals surface area contributed by atoms with Crippen LogP contribution in [-0.2, 0) is 0 Å². The van der Waals surface area contributed by atoms with E-state index < -0.39 is 31.0 Å². The van der Waals surface area contributed by atoms with E-state index in [1.54, 1.807) is 0 Å². The van der Waals surface area contributed by atoms with Crippen molar-refractivity contribution < 1.29 is 25.5 Å². The number of aromatic nitrogens is 3. The van der Waals surface area contributed by atoms with E-state index in [4.69, 9.17) is 5.11 Å². The Morgan fingerprint density at radius 2 is 1.32 bits per heavy atom. The van der Waals surface area contributed by atoms with E-state index in [1.165, 1.54) is 12.8 Å². The minimum atomic E-state index is -1.72. The second kappa shape index (κ2) is 11.5. The molecule has 2 aliphatic heterocycles. The summed E-state index contributed by atoms with van der Waals surface area (Å²) in [6, 6.07) is 0. The number of hydrogen-bond acceptors (Lipinski definition) is 12. The molecule has 12 nitrogen and oxygen atoms in total. The molecule has 1 aromatic rings. The molecule has 3 heterocycles. The molecule has 0 aromatic carbocycles. The van der Waals surface area contributed by atoms with Crippen LogP contribution in [0, 0.1) is 0 Å². The van der Waals surface area contributed by atoms with Gasteiger partial charge in [0.05, 0.1) is 12.8 Å². The summed E-state index contributed by atoms with van der Waals surface area (Å²) in [6.07, 6.45) is 1.08. The molecule has 0 radical (unpaired) electrons. The van der Waals surface area contributed by atoms with Crippen LogP contribution in [0.25, 0.3) is 0 Å². The van der Waals surface area contributed by atoms with Crippen molar-refractivity contribution in [2.45, 2.75) is 62.9 Å². The minimum Gasteiger partial charge on any atom is -0.394 e. The van der Waals surface area contributed by atoms with Crippen molar-refractivity contribution >= 4 is 24.1 Å². The molecule has 1 aromatic heterocycles. The van der Waals surface area contributed by atoms with E-state index in [1.807, 2.05) is 0 Å². The van der Waals surface area contributed by atoms with Gasteiger partial charge in [0.15, 0.2) is 0 Å². The SMILES string of the molecule is OC[C@H](O)[C@H](O)[C@@H](O)[C@@H](O)/C=N\Nc1nc(N2CCCCC2)nc(N2CCCCC2)n1. The first kappa shape index (κ1) is 23.5. The van der Waals surface area contributed by atoms with Crippen LogP contribution in [0.15, 0.2) is 5.10 Å². The minimum absolute atomic E-state index is 0.213. The molecule has 0 bridgehead atoms. The molecule has 0 spiro atoms. The summed E-state index contributed by atoms with van der Waals surface area (Å²) in [5.41, 5.74) is 2.66. The van der Waals surface area contributed by atoms with E-state index in [2.05, 4.69) is 35.3 Å². The molecule has 12 heteroatoms. The molecular formula is C19H33N7O5. The third kappa shape index (κ3) is 6.43. The lowest BCUT2D eigenvalue weighted by molar-refractivity contribution is -0.0999. The molecule has 2 aliphatic rings. The average molecular weight is 440 g/mol. The van der Waals surface area contributed by atoms with Crippen LogP contribution in [0.1, 0.15) is 38.5 Å². The standard InChI is InChI=1S/C19H33N7O5/c27-12-14(29)16(31)15(30)13(28)11-20-24-17-21-18(25-7-3-1-4-8-25)23-19(22-17)26-9-5-2-6-10-26/h11,13-16,27-31H,1-10,12H2,(H,21,22,23,24)/b20-11-/t13-,14-,15-,16-/m0/s1. The fourth-order valence-electron chi connectivity index (χ4n) is 3.67. The normalized spacial score (nSPS) is 21.7. The zero-order valence-electron chi connectivity index (χ0n) is 17.6. The molecule has 31 heavy (non-hydrogen) atoms. The van der Waals surface area contributed by atoms with Crippen LogP contribution in [0.4, 0.5) is 17.8 Å². The van der Waals surface area contributed by atoms with Gasteiger partial charge in [-0.2, -0.15) is 20.1 Å². The molecule has 4 atom stereocenters. The van der Waals surface area contributed by atoms with Crippen molar-refractivity contribution in [3.8, 4) is 0 Å². The molecule has 0 saturated carbocycles. The molecule has 174 valence electrons. The van der Waals surface area contributed by atoms with E-state index >= 15 is 0 Å². The highest BCUT2D eigenvalue weighted by atomic mass is 16.4. The number of anilines is 3. The number of piperidine rings is 2. The fraction of sp³-hybridized carbons (Fsp3) is 0.789. The lowest BCUT2D eigenvalue weighted by Gasteiger charge is -2.30. The molecule has 0 amide bonds. The first-order chi connectivity index (χ1) is 15.0. The second-order valence-electron chi connectivity index (χ2n) is 7.97. The molecule has 2 saturated heterocycles. The van der Waals surface area contributed by atoms with Crippen LogP contribution in [0.2, 0.25) is 0 Å². The maximum Gasteiger partial charge on any atom is 0.250 e. The highest BCUT2D eigenvalue weighted by molar-refractivity contribution is 5.64. The van der Waals surface area contributed by atoms with Crippen molar-refractivity contribution in [1.29, 1.82) is 0 Å². The Kier molecular flexibility index (Phi) is 8.72. The van der Waals surface area contributed by atoms with Crippen LogP contribution >= 0.6 is 0 Å². The first-order valence-electron chi connectivity index (χ1n) is 10.9. The molecular weight excluding hydrogens is 406 g/mol. The zero-order chi connectivity index (χ0) is 22.2. The van der Waals surface area contributed by atoms with Gasteiger partial charge in [0.25, 0.3) is 0 Å². The summed E-state index contributed by atoms with van der Waals surface area (Å²) in [5.74, 6) is 1.37. The van der Waals surface area contributed by atoms with Crippen molar-refractivity contribution in [3.63, 3.8) is 0 Å². The predicted molar refractivity (Wildman–Crippen MR) is 115 cm³/mol.